The van der Waals surface area contributed by atoms with Crippen LogP contribution in [-0.2, 0) is 16.1 Å². The molecule has 0 saturated heterocycles. The molecule has 7 heteroatoms. The minimum absolute atomic E-state index is 0.0607. The van der Waals surface area contributed by atoms with E-state index in [-0.39, 0.29) is 36.5 Å². The van der Waals surface area contributed by atoms with E-state index in [1.54, 1.807) is 9.80 Å². The molecule has 2 aromatic rings. The van der Waals surface area contributed by atoms with Crippen molar-refractivity contribution in [2.45, 2.75) is 39.0 Å². The van der Waals surface area contributed by atoms with Crippen LogP contribution in [0.1, 0.15) is 36.2 Å². The quantitative estimate of drug-likeness (QED) is 0.658. The number of aliphatic hydroxyl groups is 1. The first kappa shape index (κ1) is 26.9. The number of hydrogen-bond acceptors (Lipinski definition) is 5. The van der Waals surface area contributed by atoms with E-state index in [1.807, 2.05) is 88.4 Å². The van der Waals surface area contributed by atoms with Crippen LogP contribution in [0.25, 0.3) is 11.1 Å². The SMILES string of the molecule is C[C@@H]1CN([C@@H](C)CO)C(=O)c2ccccc2-c2ccccc2CO[C@@H]1CN(C)C(=O)CCN(C)C. The molecule has 0 aliphatic carbocycles. The van der Waals surface area contributed by atoms with E-state index >= 15 is 0 Å². The van der Waals surface area contributed by atoms with Crippen LogP contribution in [0.4, 0.5) is 0 Å². The first-order valence-corrected chi connectivity index (χ1v) is 12.3. The molecule has 1 aliphatic heterocycles. The standard InChI is InChI=1S/C28H39N3O4/c1-20-16-31(21(2)18-32)28(34)25-13-9-8-12-24(25)23-11-7-6-10-22(23)19-35-26(20)17-30(5)27(33)14-15-29(3)4/h6-13,20-21,26,32H,14-19H2,1-5H3/t20-,21+,26-/m1/s1. The van der Waals surface area contributed by atoms with E-state index in [0.717, 1.165) is 16.7 Å². The Morgan fingerprint density at radius 2 is 1.71 bits per heavy atom. The van der Waals surface area contributed by atoms with Crippen LogP contribution < -0.4 is 0 Å². The average Bonchev–Trinajstić information content (AvgIpc) is 2.88. The Morgan fingerprint density at radius 1 is 1.09 bits per heavy atom. The van der Waals surface area contributed by atoms with Gasteiger partial charge >= 0.3 is 0 Å². The summed E-state index contributed by atoms with van der Waals surface area (Å²) < 4.78 is 6.47. The summed E-state index contributed by atoms with van der Waals surface area (Å²) in [7, 11) is 5.71. The Kier molecular flexibility index (Phi) is 9.43. The normalized spacial score (nSPS) is 19.5. The minimum atomic E-state index is -0.353. The number of carbonyl (C=O) groups is 2. The monoisotopic (exact) mass is 481 g/mol. The Morgan fingerprint density at radius 3 is 2.37 bits per heavy atom. The third kappa shape index (κ3) is 6.69. The summed E-state index contributed by atoms with van der Waals surface area (Å²) in [5.74, 6) is -0.109. The van der Waals surface area contributed by atoms with Crippen molar-refractivity contribution in [1.82, 2.24) is 14.7 Å². The van der Waals surface area contributed by atoms with Crippen molar-refractivity contribution in [2.75, 3.05) is 47.4 Å². The van der Waals surface area contributed by atoms with Crippen LogP contribution >= 0.6 is 0 Å². The highest BCUT2D eigenvalue weighted by Crippen LogP contribution is 2.31. The summed E-state index contributed by atoms with van der Waals surface area (Å²) in [6.45, 7) is 5.67. The maximum atomic E-state index is 13.8. The molecule has 35 heavy (non-hydrogen) atoms. The molecule has 3 atom stereocenters. The molecule has 0 spiro atoms. The first-order chi connectivity index (χ1) is 16.7. The summed E-state index contributed by atoms with van der Waals surface area (Å²) in [6, 6.07) is 15.2. The summed E-state index contributed by atoms with van der Waals surface area (Å²) in [4.78, 5) is 32.0. The van der Waals surface area contributed by atoms with Gasteiger partial charge in [0.1, 0.15) is 0 Å². The fourth-order valence-electron chi connectivity index (χ4n) is 4.43. The smallest absolute Gasteiger partial charge is 0.254 e. The topological polar surface area (TPSA) is 73.3 Å². The summed E-state index contributed by atoms with van der Waals surface area (Å²) >= 11 is 0. The molecule has 3 rings (SSSR count). The van der Waals surface area contributed by atoms with Crippen LogP contribution in [0.2, 0.25) is 0 Å². The van der Waals surface area contributed by atoms with Gasteiger partial charge in [-0.15, -0.1) is 0 Å². The molecule has 1 heterocycles. The second-order valence-electron chi connectivity index (χ2n) is 9.85. The van der Waals surface area contributed by atoms with Crippen molar-refractivity contribution >= 4 is 11.8 Å². The number of rotatable bonds is 7. The molecule has 190 valence electrons. The van der Waals surface area contributed by atoms with Crippen LogP contribution in [0.5, 0.6) is 0 Å². The van der Waals surface area contributed by atoms with E-state index in [0.29, 0.717) is 38.2 Å². The minimum Gasteiger partial charge on any atom is -0.394 e. The molecule has 7 nitrogen and oxygen atoms in total. The molecular weight excluding hydrogens is 442 g/mol. The van der Waals surface area contributed by atoms with Crippen molar-refractivity contribution < 1.29 is 19.4 Å². The van der Waals surface area contributed by atoms with Crippen molar-refractivity contribution in [2.24, 2.45) is 5.92 Å². The lowest BCUT2D eigenvalue weighted by Crippen LogP contribution is -2.47. The van der Waals surface area contributed by atoms with Crippen molar-refractivity contribution in [3.63, 3.8) is 0 Å². The number of likely N-dealkylation sites (N-methyl/N-ethyl adjacent to an activating group) is 1. The molecule has 0 saturated carbocycles. The van der Waals surface area contributed by atoms with Gasteiger partial charge in [0.25, 0.3) is 5.91 Å². The molecule has 2 amide bonds. The van der Waals surface area contributed by atoms with Crippen molar-refractivity contribution in [3.8, 4) is 11.1 Å². The number of fused-ring (bicyclic) bond motifs is 3. The van der Waals surface area contributed by atoms with Gasteiger partial charge in [-0.1, -0.05) is 49.4 Å². The molecule has 0 bridgehead atoms. The highest BCUT2D eigenvalue weighted by atomic mass is 16.5. The first-order valence-electron chi connectivity index (χ1n) is 12.3. The second kappa shape index (κ2) is 12.3. The van der Waals surface area contributed by atoms with E-state index < -0.39 is 0 Å². The highest BCUT2D eigenvalue weighted by molar-refractivity contribution is 6.01. The van der Waals surface area contributed by atoms with Gasteiger partial charge in [-0.05, 0) is 43.8 Å². The number of nitrogens with zero attached hydrogens (tertiary/aromatic N) is 3. The van der Waals surface area contributed by atoms with Gasteiger partial charge in [-0.2, -0.15) is 0 Å². The third-order valence-electron chi connectivity index (χ3n) is 6.75. The zero-order valence-corrected chi connectivity index (χ0v) is 21.6. The predicted molar refractivity (Wildman–Crippen MR) is 138 cm³/mol. The Balaban J connectivity index is 1.98. The van der Waals surface area contributed by atoms with Gasteiger partial charge in [-0.25, -0.2) is 0 Å². The molecule has 2 aromatic carbocycles. The Labute approximate surface area is 209 Å². The summed E-state index contributed by atoms with van der Waals surface area (Å²) in [6.07, 6.45) is 0.160. The maximum Gasteiger partial charge on any atom is 0.254 e. The van der Waals surface area contributed by atoms with Gasteiger partial charge in [0.2, 0.25) is 5.91 Å². The number of amides is 2. The molecule has 0 fully saturated rings. The van der Waals surface area contributed by atoms with E-state index in [1.165, 1.54) is 0 Å². The van der Waals surface area contributed by atoms with Gasteiger partial charge in [-0.3, -0.25) is 9.59 Å². The molecule has 0 radical (unpaired) electrons. The lowest BCUT2D eigenvalue weighted by Gasteiger charge is -2.35. The van der Waals surface area contributed by atoms with E-state index in [2.05, 4.69) is 0 Å². The van der Waals surface area contributed by atoms with Gasteiger partial charge < -0.3 is 24.5 Å². The fourth-order valence-corrected chi connectivity index (χ4v) is 4.43. The highest BCUT2D eigenvalue weighted by Gasteiger charge is 2.31. The van der Waals surface area contributed by atoms with Crippen LogP contribution in [0.3, 0.4) is 0 Å². The lowest BCUT2D eigenvalue weighted by molar-refractivity contribution is -0.133. The van der Waals surface area contributed by atoms with Crippen LogP contribution in [0.15, 0.2) is 48.5 Å². The maximum absolute atomic E-state index is 13.8. The number of carbonyl (C=O) groups excluding carboxylic acids is 2. The Hall–Kier alpha value is -2.74. The summed E-state index contributed by atoms with van der Waals surface area (Å²) in [5, 5.41) is 9.95. The van der Waals surface area contributed by atoms with Crippen LogP contribution in [-0.4, -0.2) is 91.2 Å². The average molecular weight is 482 g/mol. The van der Waals surface area contributed by atoms with Gasteiger partial charge in [0.15, 0.2) is 0 Å². The zero-order valence-electron chi connectivity index (χ0n) is 21.6. The molecule has 0 unspecified atom stereocenters. The van der Waals surface area contributed by atoms with E-state index in [4.69, 9.17) is 4.74 Å². The number of ether oxygens (including phenoxy) is 1. The van der Waals surface area contributed by atoms with Crippen molar-refractivity contribution in [3.05, 3.63) is 59.7 Å². The lowest BCUT2D eigenvalue weighted by atomic mass is 9.94. The number of hydrogen-bond donors (Lipinski definition) is 1. The Bertz CT molecular complexity index is 1010. The number of benzene rings is 2. The molecule has 0 aromatic heterocycles. The summed E-state index contributed by atoms with van der Waals surface area (Å²) in [5.41, 5.74) is 3.42. The zero-order chi connectivity index (χ0) is 25.5. The number of aliphatic hydroxyl groups excluding tert-OH is 1. The largest absolute Gasteiger partial charge is 0.394 e. The van der Waals surface area contributed by atoms with Crippen LogP contribution in [0, 0.1) is 5.92 Å². The second-order valence-corrected chi connectivity index (χ2v) is 9.85. The molecule has 1 aliphatic rings. The molecule has 1 N–H and O–H groups in total. The van der Waals surface area contributed by atoms with Crippen molar-refractivity contribution in [1.29, 1.82) is 0 Å². The molecular formula is C28H39N3O4. The predicted octanol–water partition coefficient (Wildman–Crippen LogP) is 3.12. The van der Waals surface area contributed by atoms with Gasteiger partial charge in [0, 0.05) is 44.6 Å². The van der Waals surface area contributed by atoms with Gasteiger partial charge in [0.05, 0.1) is 25.4 Å². The fraction of sp³-hybridized carbons (Fsp3) is 0.500. The third-order valence-corrected chi connectivity index (χ3v) is 6.75. The van der Waals surface area contributed by atoms with E-state index in [9.17, 15) is 14.7 Å².